The molecule has 20 atom stereocenters. The number of fused-ring (bicyclic) bond motifs is 5. The molecule has 2 aliphatic heterocycles. The van der Waals surface area contributed by atoms with Gasteiger partial charge in [0.05, 0.1) is 37.1 Å². The van der Waals surface area contributed by atoms with Crippen LogP contribution in [0.5, 0.6) is 0 Å². The summed E-state index contributed by atoms with van der Waals surface area (Å²) in [5.74, 6) is 0.931. The molecule has 6 rings (SSSR count). The maximum Gasteiger partial charge on any atom is 0.187 e. The van der Waals surface area contributed by atoms with Gasteiger partial charge in [0.1, 0.15) is 48.8 Å². The lowest BCUT2D eigenvalue weighted by molar-refractivity contribution is -0.375. The predicted molar refractivity (Wildman–Crippen MR) is 202 cm³/mol. The van der Waals surface area contributed by atoms with Gasteiger partial charge in [0.25, 0.3) is 0 Å². The van der Waals surface area contributed by atoms with Crippen LogP contribution in [-0.2, 0) is 18.9 Å². The molecule has 3 saturated carbocycles. The molecule has 6 aliphatic rings. The molecular weight excluding hydrogens is 728 g/mol. The van der Waals surface area contributed by atoms with Crippen LogP contribution in [0.15, 0.2) is 11.6 Å². The second kappa shape index (κ2) is 15.9. The number of aliphatic hydroxyl groups excluding tert-OH is 9. The zero-order valence-corrected chi connectivity index (χ0v) is 34.6. The van der Waals surface area contributed by atoms with E-state index in [0.29, 0.717) is 19.3 Å². The molecule has 2 heterocycles. The predicted octanol–water partition coefficient (Wildman–Crippen LogP) is 1.12. The maximum absolute atomic E-state index is 12.3. The molecule has 2 unspecified atom stereocenters. The van der Waals surface area contributed by atoms with E-state index in [1.165, 1.54) is 5.57 Å². The van der Waals surface area contributed by atoms with E-state index in [1.54, 1.807) is 13.8 Å². The fourth-order valence-corrected chi connectivity index (χ4v) is 12.7. The van der Waals surface area contributed by atoms with Crippen molar-refractivity contribution < 1.29 is 70.0 Å². The van der Waals surface area contributed by atoms with Crippen molar-refractivity contribution in [2.75, 3.05) is 13.2 Å². The van der Waals surface area contributed by atoms with E-state index in [9.17, 15) is 51.1 Å². The van der Waals surface area contributed by atoms with E-state index < -0.39 is 98.5 Å². The average Bonchev–Trinajstić information content (AvgIpc) is 3.40. The second-order valence-electron chi connectivity index (χ2n) is 20.2. The first kappa shape index (κ1) is 44.7. The monoisotopic (exact) mass is 800 g/mol. The highest BCUT2D eigenvalue weighted by molar-refractivity contribution is 5.31. The van der Waals surface area contributed by atoms with Crippen molar-refractivity contribution in [1.82, 2.24) is 0 Å². The number of rotatable bonds is 11. The number of allylic oxidation sites excluding steroid dienone is 1. The third-order valence-electron chi connectivity index (χ3n) is 16.6. The van der Waals surface area contributed by atoms with Gasteiger partial charge >= 0.3 is 0 Å². The molecule has 0 radical (unpaired) electrons. The molecule has 0 spiro atoms. The van der Waals surface area contributed by atoms with Crippen molar-refractivity contribution in [3.63, 3.8) is 0 Å². The minimum absolute atomic E-state index is 0.0323. The van der Waals surface area contributed by atoms with E-state index >= 15 is 0 Å². The van der Waals surface area contributed by atoms with Gasteiger partial charge in [-0.3, -0.25) is 0 Å². The van der Waals surface area contributed by atoms with Crippen LogP contribution < -0.4 is 0 Å². The summed E-state index contributed by atoms with van der Waals surface area (Å²) < 4.78 is 23.7. The molecule has 2 saturated heterocycles. The molecule has 56 heavy (non-hydrogen) atoms. The fourth-order valence-electron chi connectivity index (χ4n) is 12.7. The maximum atomic E-state index is 12.3. The Labute approximate surface area is 331 Å². The Bertz CT molecular complexity index is 1400. The summed E-state index contributed by atoms with van der Waals surface area (Å²) in [6.45, 7) is 15.4. The van der Waals surface area contributed by atoms with Gasteiger partial charge in [-0.2, -0.15) is 0 Å². The van der Waals surface area contributed by atoms with Crippen LogP contribution in [0.3, 0.4) is 0 Å². The van der Waals surface area contributed by atoms with Crippen LogP contribution >= 0.6 is 0 Å². The number of ether oxygens (including phenoxy) is 4. The van der Waals surface area contributed by atoms with Crippen molar-refractivity contribution in [3.05, 3.63) is 11.6 Å². The molecule has 0 bridgehead atoms. The Morgan fingerprint density at radius 1 is 0.768 bits per heavy atom. The van der Waals surface area contributed by atoms with Crippen LogP contribution in [0.2, 0.25) is 0 Å². The SMILES string of the molecule is C[C@H](CC[C@@H](O[C@@H]1O[C@H](CO)[C@@H](O)[C@H](O)[C@H]1OC1O[C@H](CO)[C@@H](O)[C@H](O)[C@H]1O)C(C)(C)O)[C@H]1CC[C@@]2(C)[C@@H]3CC=C4C(CC[C@H](O)C4(C)C)[C@]3(C)[C@H](O)C[C@]12C. The van der Waals surface area contributed by atoms with E-state index in [-0.39, 0.29) is 45.3 Å². The minimum atomic E-state index is -1.80. The number of hydrogen-bond donors (Lipinski definition) is 10. The first-order valence-corrected chi connectivity index (χ1v) is 21.0. The molecule has 5 fully saturated rings. The van der Waals surface area contributed by atoms with Crippen molar-refractivity contribution in [2.24, 2.45) is 45.3 Å². The van der Waals surface area contributed by atoms with Crippen LogP contribution in [0, 0.1) is 45.3 Å². The van der Waals surface area contributed by atoms with Crippen LogP contribution in [-0.4, -0.2) is 150 Å². The average molecular weight is 801 g/mol. The highest BCUT2D eigenvalue weighted by atomic mass is 16.8. The van der Waals surface area contributed by atoms with Gasteiger partial charge in [0, 0.05) is 10.8 Å². The summed E-state index contributed by atoms with van der Waals surface area (Å²) in [7, 11) is 0. The molecule has 14 heteroatoms. The van der Waals surface area contributed by atoms with Gasteiger partial charge in [-0.1, -0.05) is 53.2 Å². The fraction of sp³-hybridized carbons (Fsp3) is 0.952. The van der Waals surface area contributed by atoms with E-state index in [2.05, 4.69) is 47.6 Å². The largest absolute Gasteiger partial charge is 0.394 e. The molecular formula is C42H72O14. The molecule has 10 N–H and O–H groups in total. The lowest BCUT2D eigenvalue weighted by Crippen LogP contribution is -2.65. The summed E-state index contributed by atoms with van der Waals surface area (Å²) in [6, 6.07) is 0. The van der Waals surface area contributed by atoms with Crippen molar-refractivity contribution >= 4 is 0 Å². The standard InChI is InChI=1S/C42H72O14/c1-20(21-15-16-40(6)26-12-10-22-23(11-13-27(45)38(22,2)3)42(26,8)28(46)17-41(21,40)7)9-14-29(39(4,5)52)55-37-35(33(50)31(48)25(19-44)54-37)56-36-34(51)32(49)30(47)24(18-43)53-36/h10,20-21,23-37,43-52H,9,11-19H2,1-8H3/t20-,21-,23?,24-,25-,26+,27+,28-,29-,30-,31-,32+,33+,34-,35-,36?,37+,40+,41-,42+/m1/s1. The van der Waals surface area contributed by atoms with E-state index in [4.69, 9.17) is 18.9 Å². The zero-order chi connectivity index (χ0) is 41.5. The normalized spacial score (nSPS) is 50.3. The molecule has 324 valence electrons. The summed E-state index contributed by atoms with van der Waals surface area (Å²) in [5, 5.41) is 108. The molecule has 0 aromatic rings. The number of aliphatic hydroxyl groups is 10. The van der Waals surface area contributed by atoms with Crippen molar-refractivity contribution in [1.29, 1.82) is 0 Å². The van der Waals surface area contributed by atoms with Gasteiger partial charge < -0.3 is 70.0 Å². The van der Waals surface area contributed by atoms with Crippen LogP contribution in [0.4, 0.5) is 0 Å². The van der Waals surface area contributed by atoms with Crippen molar-refractivity contribution in [3.8, 4) is 0 Å². The Morgan fingerprint density at radius 2 is 1.38 bits per heavy atom. The summed E-state index contributed by atoms with van der Waals surface area (Å²) in [6.07, 6.45) is -9.06. The number of hydrogen-bond acceptors (Lipinski definition) is 14. The highest BCUT2D eigenvalue weighted by Crippen LogP contribution is 2.75. The van der Waals surface area contributed by atoms with Crippen LogP contribution in [0.25, 0.3) is 0 Å². The van der Waals surface area contributed by atoms with Gasteiger partial charge in [-0.15, -0.1) is 0 Å². The molecule has 0 aromatic heterocycles. The lowest BCUT2D eigenvalue weighted by atomic mass is 9.38. The third kappa shape index (κ3) is 7.16. The smallest absolute Gasteiger partial charge is 0.187 e. The minimum Gasteiger partial charge on any atom is -0.394 e. The molecule has 14 nitrogen and oxygen atoms in total. The first-order valence-electron chi connectivity index (χ1n) is 21.0. The Balaban J connectivity index is 1.19. The summed E-state index contributed by atoms with van der Waals surface area (Å²) in [4.78, 5) is 0. The van der Waals surface area contributed by atoms with Gasteiger partial charge in [0.15, 0.2) is 12.6 Å². The van der Waals surface area contributed by atoms with Crippen molar-refractivity contribution in [2.45, 2.75) is 192 Å². The third-order valence-corrected chi connectivity index (χ3v) is 16.6. The second-order valence-corrected chi connectivity index (χ2v) is 20.2. The first-order chi connectivity index (χ1) is 26.0. The Morgan fingerprint density at radius 3 is 1.98 bits per heavy atom. The van der Waals surface area contributed by atoms with E-state index in [1.807, 2.05) is 0 Å². The Hall–Kier alpha value is -0.820. The zero-order valence-electron chi connectivity index (χ0n) is 34.6. The van der Waals surface area contributed by atoms with Gasteiger partial charge in [-0.05, 0) is 99.7 Å². The highest BCUT2D eigenvalue weighted by Gasteiger charge is 2.70. The molecule has 4 aliphatic carbocycles. The summed E-state index contributed by atoms with van der Waals surface area (Å²) >= 11 is 0. The topological polar surface area (TPSA) is 239 Å². The molecule has 0 amide bonds. The quantitative estimate of drug-likeness (QED) is 0.132. The molecule has 0 aromatic carbocycles. The van der Waals surface area contributed by atoms with Gasteiger partial charge in [-0.25, -0.2) is 0 Å². The Kier molecular flexibility index (Phi) is 12.7. The summed E-state index contributed by atoms with van der Waals surface area (Å²) in [5.41, 5.74) is -0.951. The van der Waals surface area contributed by atoms with Gasteiger partial charge in [0.2, 0.25) is 0 Å². The lowest BCUT2D eigenvalue weighted by Gasteiger charge is -2.67. The van der Waals surface area contributed by atoms with E-state index in [0.717, 1.165) is 32.1 Å². The van der Waals surface area contributed by atoms with Crippen LogP contribution in [0.1, 0.15) is 107 Å².